The Hall–Kier alpha value is -0.610. The second kappa shape index (κ2) is 8.63. The fourth-order valence-corrected chi connectivity index (χ4v) is 3.25. The van der Waals surface area contributed by atoms with Crippen LogP contribution in [0.25, 0.3) is 0 Å². The smallest absolute Gasteiger partial charge is 0.222 e. The molecule has 0 saturated carbocycles. The van der Waals surface area contributed by atoms with Gasteiger partial charge in [0.05, 0.1) is 0 Å². The highest BCUT2D eigenvalue weighted by molar-refractivity contribution is 5.76. The number of likely N-dealkylation sites (tertiary alicyclic amines) is 1. The van der Waals surface area contributed by atoms with E-state index in [0.29, 0.717) is 30.2 Å². The van der Waals surface area contributed by atoms with Crippen LogP contribution in [-0.4, -0.2) is 55.5 Å². The molecular weight excluding hydrogens is 250 g/mol. The Kier molecular flexibility index (Phi) is 7.52. The summed E-state index contributed by atoms with van der Waals surface area (Å²) < 4.78 is 0. The highest BCUT2D eigenvalue weighted by Gasteiger charge is 2.29. The molecule has 1 fully saturated rings. The van der Waals surface area contributed by atoms with Crippen molar-refractivity contribution in [1.82, 2.24) is 9.80 Å². The minimum Gasteiger partial charge on any atom is -0.338 e. The molecule has 0 aromatic rings. The minimum atomic E-state index is 0.344. The first-order chi connectivity index (χ1) is 9.45. The van der Waals surface area contributed by atoms with Gasteiger partial charge in [-0.05, 0) is 58.2 Å². The first kappa shape index (κ1) is 17.4. The van der Waals surface area contributed by atoms with Crippen LogP contribution in [0.5, 0.6) is 0 Å². The van der Waals surface area contributed by atoms with Gasteiger partial charge < -0.3 is 15.5 Å². The number of hydrogen-bond acceptors (Lipinski definition) is 3. The van der Waals surface area contributed by atoms with Gasteiger partial charge >= 0.3 is 0 Å². The Morgan fingerprint density at radius 2 is 2.05 bits per heavy atom. The third-order valence-electron chi connectivity index (χ3n) is 4.48. The Balaban J connectivity index is 2.44. The minimum absolute atomic E-state index is 0.344. The normalized spacial score (nSPS) is 20.9. The monoisotopic (exact) mass is 283 g/mol. The van der Waals surface area contributed by atoms with Crippen LogP contribution in [0.15, 0.2) is 0 Å². The zero-order chi connectivity index (χ0) is 15.1. The van der Waals surface area contributed by atoms with Crippen LogP contribution in [0.3, 0.4) is 0 Å². The molecule has 2 N–H and O–H groups in total. The molecule has 1 aliphatic heterocycles. The van der Waals surface area contributed by atoms with E-state index in [1.807, 2.05) is 0 Å². The van der Waals surface area contributed by atoms with Crippen molar-refractivity contribution >= 4 is 5.91 Å². The first-order valence-corrected chi connectivity index (χ1v) is 8.10. The van der Waals surface area contributed by atoms with Crippen molar-refractivity contribution in [2.24, 2.45) is 17.6 Å². The van der Waals surface area contributed by atoms with E-state index in [9.17, 15) is 4.79 Å². The summed E-state index contributed by atoms with van der Waals surface area (Å²) in [7, 11) is 4.16. The van der Waals surface area contributed by atoms with Crippen molar-refractivity contribution in [2.45, 2.75) is 52.0 Å². The Bertz CT molecular complexity index is 291. The van der Waals surface area contributed by atoms with Crippen LogP contribution in [0.1, 0.15) is 46.0 Å². The van der Waals surface area contributed by atoms with Crippen molar-refractivity contribution < 1.29 is 4.79 Å². The van der Waals surface area contributed by atoms with E-state index in [4.69, 9.17) is 5.73 Å². The molecule has 1 rings (SSSR count). The van der Waals surface area contributed by atoms with Gasteiger partial charge in [-0.25, -0.2) is 0 Å². The number of amides is 1. The van der Waals surface area contributed by atoms with Gasteiger partial charge in [0.25, 0.3) is 0 Å². The third kappa shape index (κ3) is 5.41. The molecule has 4 heteroatoms. The van der Waals surface area contributed by atoms with Gasteiger partial charge in [0.15, 0.2) is 0 Å². The molecule has 4 nitrogen and oxygen atoms in total. The Labute approximate surface area is 124 Å². The summed E-state index contributed by atoms with van der Waals surface area (Å²) in [5.74, 6) is 1.54. The molecule has 1 amide bonds. The molecule has 0 aromatic carbocycles. The second-order valence-corrected chi connectivity index (χ2v) is 6.77. The number of rotatable bonds is 8. The highest BCUT2D eigenvalue weighted by Crippen LogP contribution is 2.24. The number of carbonyl (C=O) groups is 1. The average Bonchev–Trinajstić information content (AvgIpc) is 2.80. The molecule has 0 aliphatic carbocycles. The fraction of sp³-hybridized carbons (Fsp3) is 0.938. The van der Waals surface area contributed by atoms with Gasteiger partial charge in [-0.1, -0.05) is 13.8 Å². The maximum absolute atomic E-state index is 12.4. The molecular formula is C16H33N3O. The lowest BCUT2D eigenvalue weighted by molar-refractivity contribution is -0.132. The average molecular weight is 283 g/mol. The topological polar surface area (TPSA) is 49.6 Å². The maximum Gasteiger partial charge on any atom is 0.222 e. The lowest BCUT2D eigenvalue weighted by atomic mass is 9.88. The van der Waals surface area contributed by atoms with Crippen LogP contribution in [0, 0.1) is 11.8 Å². The summed E-state index contributed by atoms with van der Waals surface area (Å²) in [6.45, 7) is 7.12. The van der Waals surface area contributed by atoms with E-state index in [0.717, 1.165) is 45.3 Å². The van der Waals surface area contributed by atoms with Crippen LogP contribution in [0.4, 0.5) is 0 Å². The van der Waals surface area contributed by atoms with Gasteiger partial charge in [0.1, 0.15) is 0 Å². The van der Waals surface area contributed by atoms with Crippen LogP contribution in [-0.2, 0) is 4.79 Å². The number of hydrogen-bond donors (Lipinski definition) is 1. The molecule has 1 heterocycles. The van der Waals surface area contributed by atoms with E-state index < -0.39 is 0 Å². The van der Waals surface area contributed by atoms with E-state index >= 15 is 0 Å². The Morgan fingerprint density at radius 3 is 2.60 bits per heavy atom. The van der Waals surface area contributed by atoms with Crippen molar-refractivity contribution in [1.29, 1.82) is 0 Å². The molecule has 118 valence electrons. The quantitative estimate of drug-likeness (QED) is 0.740. The zero-order valence-electron chi connectivity index (χ0n) is 13.8. The van der Waals surface area contributed by atoms with Crippen molar-refractivity contribution in [2.75, 3.05) is 33.7 Å². The van der Waals surface area contributed by atoms with Crippen LogP contribution < -0.4 is 5.73 Å². The molecule has 0 aromatic heterocycles. The highest BCUT2D eigenvalue weighted by atomic mass is 16.2. The van der Waals surface area contributed by atoms with Crippen LogP contribution in [0.2, 0.25) is 0 Å². The summed E-state index contributed by atoms with van der Waals surface area (Å²) in [5.41, 5.74) is 5.67. The summed E-state index contributed by atoms with van der Waals surface area (Å²) in [4.78, 5) is 16.7. The van der Waals surface area contributed by atoms with Crippen molar-refractivity contribution in [3.63, 3.8) is 0 Å². The number of nitrogens with two attached hydrogens (primary N) is 1. The van der Waals surface area contributed by atoms with E-state index in [1.165, 1.54) is 0 Å². The van der Waals surface area contributed by atoms with E-state index in [-0.39, 0.29) is 0 Å². The molecule has 0 radical (unpaired) electrons. The second-order valence-electron chi connectivity index (χ2n) is 6.77. The van der Waals surface area contributed by atoms with Gasteiger partial charge in [-0.15, -0.1) is 0 Å². The lowest BCUT2D eigenvalue weighted by Gasteiger charge is -2.28. The molecule has 2 unspecified atom stereocenters. The number of carbonyl (C=O) groups excluding carboxylic acids is 1. The summed E-state index contributed by atoms with van der Waals surface area (Å²) in [6, 6.07) is 0.421. The van der Waals surface area contributed by atoms with Gasteiger partial charge in [-0.3, -0.25) is 4.79 Å². The van der Waals surface area contributed by atoms with Crippen molar-refractivity contribution in [3.8, 4) is 0 Å². The summed E-state index contributed by atoms with van der Waals surface area (Å²) >= 11 is 0. The molecule has 0 spiro atoms. The predicted molar refractivity (Wildman–Crippen MR) is 84.5 cm³/mol. The first-order valence-electron chi connectivity index (χ1n) is 8.10. The SMILES string of the molecule is CC(C)C(CCN)CCC(=O)N1CCCC1CN(C)C. The summed E-state index contributed by atoms with van der Waals surface area (Å²) in [5, 5.41) is 0. The maximum atomic E-state index is 12.4. The fourth-order valence-electron chi connectivity index (χ4n) is 3.25. The lowest BCUT2D eigenvalue weighted by Crippen LogP contribution is -2.41. The van der Waals surface area contributed by atoms with Crippen LogP contribution >= 0.6 is 0 Å². The standard InChI is InChI=1S/C16H33N3O/c1-13(2)14(9-10-17)7-8-16(20)19-11-5-6-15(19)12-18(3)4/h13-15H,5-12,17H2,1-4H3. The molecule has 1 saturated heterocycles. The molecule has 2 atom stereocenters. The molecule has 0 bridgehead atoms. The number of likely N-dealkylation sites (N-methyl/N-ethyl adjacent to an activating group) is 1. The Morgan fingerprint density at radius 1 is 1.35 bits per heavy atom. The predicted octanol–water partition coefficient (Wildman–Crippen LogP) is 1.94. The molecule has 20 heavy (non-hydrogen) atoms. The summed E-state index contributed by atoms with van der Waals surface area (Å²) in [6.07, 6.45) is 5.01. The van der Waals surface area contributed by atoms with E-state index in [2.05, 4.69) is 37.7 Å². The van der Waals surface area contributed by atoms with Gasteiger partial charge in [0.2, 0.25) is 5.91 Å². The van der Waals surface area contributed by atoms with Gasteiger partial charge in [-0.2, -0.15) is 0 Å². The van der Waals surface area contributed by atoms with Crippen molar-refractivity contribution in [3.05, 3.63) is 0 Å². The zero-order valence-corrected chi connectivity index (χ0v) is 13.8. The third-order valence-corrected chi connectivity index (χ3v) is 4.48. The molecule has 1 aliphatic rings. The largest absolute Gasteiger partial charge is 0.338 e. The van der Waals surface area contributed by atoms with Gasteiger partial charge in [0, 0.05) is 25.6 Å². The van der Waals surface area contributed by atoms with E-state index in [1.54, 1.807) is 0 Å². The number of nitrogens with zero attached hydrogens (tertiary/aromatic N) is 2.